The molecule has 0 unspecified atom stereocenters. The average Bonchev–Trinajstić information content (AvgIpc) is 2.48. The molecule has 120 valence electrons. The van der Waals surface area contributed by atoms with Crippen LogP contribution in [-0.4, -0.2) is 32.9 Å². The van der Waals surface area contributed by atoms with Gasteiger partial charge in [-0.05, 0) is 43.0 Å². The molecular weight excluding hydrogens is 262 g/mol. The molecule has 1 aromatic carbocycles. The first-order chi connectivity index (χ1) is 10.2. The highest BCUT2D eigenvalue weighted by Gasteiger charge is 1.97. The Bertz CT molecular complexity index is 349. The van der Waals surface area contributed by atoms with Gasteiger partial charge in [0.2, 0.25) is 0 Å². The lowest BCUT2D eigenvalue weighted by atomic mass is 10.1. The minimum Gasteiger partial charge on any atom is -0.379 e. The molecule has 0 aliphatic heterocycles. The molecule has 0 spiro atoms. The standard InChI is InChI=1S/C18H31NO2/c1-4-10-19-11-9-17-5-7-18(8-6-17)15-21-13-12-20-14-16(2)3/h5-8,16,19H,4,9-15H2,1-3H3. The van der Waals surface area contributed by atoms with Crippen LogP contribution in [0.1, 0.15) is 38.3 Å². The van der Waals surface area contributed by atoms with Crippen molar-refractivity contribution in [2.75, 3.05) is 32.9 Å². The lowest BCUT2D eigenvalue weighted by Gasteiger charge is -2.08. The van der Waals surface area contributed by atoms with Crippen LogP contribution >= 0.6 is 0 Å². The lowest BCUT2D eigenvalue weighted by molar-refractivity contribution is 0.0314. The molecule has 0 aromatic heterocycles. The summed E-state index contributed by atoms with van der Waals surface area (Å²) in [6.45, 7) is 11.5. The number of nitrogens with one attached hydrogen (secondary N) is 1. The van der Waals surface area contributed by atoms with Gasteiger partial charge in [0.25, 0.3) is 0 Å². The van der Waals surface area contributed by atoms with Gasteiger partial charge < -0.3 is 14.8 Å². The SMILES string of the molecule is CCCNCCc1ccc(COCCOCC(C)C)cc1. The quantitative estimate of drug-likeness (QED) is 0.599. The van der Waals surface area contributed by atoms with Crippen molar-refractivity contribution in [3.8, 4) is 0 Å². The van der Waals surface area contributed by atoms with Crippen molar-refractivity contribution in [3.05, 3.63) is 35.4 Å². The normalized spacial score (nSPS) is 11.2. The van der Waals surface area contributed by atoms with Gasteiger partial charge in [0, 0.05) is 6.61 Å². The fourth-order valence-corrected chi connectivity index (χ4v) is 1.96. The van der Waals surface area contributed by atoms with Crippen molar-refractivity contribution in [1.82, 2.24) is 5.32 Å². The first-order valence-corrected chi connectivity index (χ1v) is 8.16. The summed E-state index contributed by atoms with van der Waals surface area (Å²) >= 11 is 0. The molecule has 1 N–H and O–H groups in total. The van der Waals surface area contributed by atoms with Crippen LogP contribution in [0.15, 0.2) is 24.3 Å². The van der Waals surface area contributed by atoms with E-state index in [9.17, 15) is 0 Å². The highest BCUT2D eigenvalue weighted by Crippen LogP contribution is 2.06. The molecule has 0 saturated carbocycles. The molecule has 1 rings (SSSR count). The Kier molecular flexibility index (Phi) is 10.1. The number of benzene rings is 1. The molecule has 0 atom stereocenters. The van der Waals surface area contributed by atoms with Gasteiger partial charge in [-0.2, -0.15) is 0 Å². The zero-order valence-corrected chi connectivity index (χ0v) is 13.9. The fourth-order valence-electron chi connectivity index (χ4n) is 1.96. The van der Waals surface area contributed by atoms with Gasteiger partial charge in [-0.25, -0.2) is 0 Å². The van der Waals surface area contributed by atoms with Crippen molar-refractivity contribution < 1.29 is 9.47 Å². The van der Waals surface area contributed by atoms with Crippen molar-refractivity contribution in [1.29, 1.82) is 0 Å². The Balaban J connectivity index is 2.10. The second kappa shape index (κ2) is 11.7. The monoisotopic (exact) mass is 293 g/mol. The number of rotatable bonds is 12. The van der Waals surface area contributed by atoms with Crippen LogP contribution in [0, 0.1) is 5.92 Å². The van der Waals surface area contributed by atoms with Gasteiger partial charge in [-0.1, -0.05) is 45.0 Å². The summed E-state index contributed by atoms with van der Waals surface area (Å²) in [4.78, 5) is 0. The minimum absolute atomic E-state index is 0.587. The molecule has 3 heteroatoms. The van der Waals surface area contributed by atoms with Crippen LogP contribution in [0.25, 0.3) is 0 Å². The van der Waals surface area contributed by atoms with Crippen molar-refractivity contribution in [3.63, 3.8) is 0 Å². The summed E-state index contributed by atoms with van der Waals surface area (Å²) in [5.74, 6) is 0.587. The molecular formula is C18H31NO2. The van der Waals surface area contributed by atoms with Gasteiger partial charge in [0.15, 0.2) is 0 Å². The molecule has 0 radical (unpaired) electrons. The van der Waals surface area contributed by atoms with Crippen LogP contribution in [-0.2, 0) is 22.5 Å². The number of hydrogen-bond acceptors (Lipinski definition) is 3. The van der Waals surface area contributed by atoms with Crippen molar-refractivity contribution in [2.45, 2.75) is 40.2 Å². The predicted octanol–water partition coefficient (Wildman–Crippen LogP) is 3.42. The molecule has 0 fully saturated rings. The third kappa shape index (κ3) is 9.62. The van der Waals surface area contributed by atoms with Crippen LogP contribution in [0.5, 0.6) is 0 Å². The first-order valence-electron chi connectivity index (χ1n) is 8.16. The van der Waals surface area contributed by atoms with E-state index < -0.39 is 0 Å². The van der Waals surface area contributed by atoms with Gasteiger partial charge in [0.05, 0.1) is 19.8 Å². The third-order valence-corrected chi connectivity index (χ3v) is 3.13. The summed E-state index contributed by atoms with van der Waals surface area (Å²) in [5.41, 5.74) is 2.60. The predicted molar refractivity (Wildman–Crippen MR) is 88.6 cm³/mol. The molecule has 0 saturated heterocycles. The van der Waals surface area contributed by atoms with E-state index in [2.05, 4.69) is 50.4 Å². The van der Waals surface area contributed by atoms with Crippen molar-refractivity contribution in [2.24, 2.45) is 5.92 Å². The van der Waals surface area contributed by atoms with E-state index >= 15 is 0 Å². The minimum atomic E-state index is 0.587. The van der Waals surface area contributed by atoms with E-state index in [-0.39, 0.29) is 0 Å². The van der Waals surface area contributed by atoms with Crippen molar-refractivity contribution >= 4 is 0 Å². The molecule has 21 heavy (non-hydrogen) atoms. The van der Waals surface area contributed by atoms with Crippen LogP contribution < -0.4 is 5.32 Å². The Labute approximate surface area is 130 Å². The van der Waals surface area contributed by atoms with E-state index in [0.29, 0.717) is 25.7 Å². The second-order valence-electron chi connectivity index (χ2n) is 5.84. The van der Waals surface area contributed by atoms with E-state index in [0.717, 1.165) is 26.1 Å². The Morgan fingerprint density at radius 2 is 1.62 bits per heavy atom. The van der Waals surface area contributed by atoms with Gasteiger partial charge in [-0.3, -0.25) is 0 Å². The summed E-state index contributed by atoms with van der Waals surface area (Å²) in [6.07, 6.45) is 2.28. The molecule has 0 aliphatic carbocycles. The van der Waals surface area contributed by atoms with Crippen LogP contribution in [0.4, 0.5) is 0 Å². The Hall–Kier alpha value is -0.900. The van der Waals surface area contributed by atoms with E-state index in [1.54, 1.807) is 0 Å². The van der Waals surface area contributed by atoms with E-state index in [1.807, 2.05) is 0 Å². The number of ether oxygens (including phenoxy) is 2. The van der Waals surface area contributed by atoms with Crippen LogP contribution in [0.2, 0.25) is 0 Å². The maximum atomic E-state index is 5.62. The second-order valence-corrected chi connectivity index (χ2v) is 5.84. The maximum Gasteiger partial charge on any atom is 0.0718 e. The summed E-state index contributed by atoms with van der Waals surface area (Å²) in [7, 11) is 0. The summed E-state index contributed by atoms with van der Waals surface area (Å²) in [5, 5.41) is 3.42. The summed E-state index contributed by atoms with van der Waals surface area (Å²) in [6, 6.07) is 8.71. The maximum absolute atomic E-state index is 5.62. The first kappa shape index (κ1) is 18.1. The molecule has 0 amide bonds. The van der Waals surface area contributed by atoms with Gasteiger partial charge >= 0.3 is 0 Å². The highest BCUT2D eigenvalue weighted by molar-refractivity contribution is 5.22. The van der Waals surface area contributed by atoms with Crippen LogP contribution in [0.3, 0.4) is 0 Å². The Morgan fingerprint density at radius 1 is 0.952 bits per heavy atom. The summed E-state index contributed by atoms with van der Waals surface area (Å²) < 4.78 is 11.1. The topological polar surface area (TPSA) is 30.5 Å². The molecule has 0 bridgehead atoms. The largest absolute Gasteiger partial charge is 0.379 e. The van der Waals surface area contributed by atoms with Gasteiger partial charge in [0.1, 0.15) is 0 Å². The zero-order valence-electron chi connectivity index (χ0n) is 13.9. The smallest absolute Gasteiger partial charge is 0.0718 e. The Morgan fingerprint density at radius 3 is 2.29 bits per heavy atom. The fraction of sp³-hybridized carbons (Fsp3) is 0.667. The third-order valence-electron chi connectivity index (χ3n) is 3.13. The number of hydrogen-bond donors (Lipinski definition) is 1. The molecule has 1 aromatic rings. The van der Waals surface area contributed by atoms with Gasteiger partial charge in [-0.15, -0.1) is 0 Å². The highest BCUT2D eigenvalue weighted by atomic mass is 16.5. The van der Waals surface area contributed by atoms with E-state index in [1.165, 1.54) is 17.5 Å². The van der Waals surface area contributed by atoms with E-state index in [4.69, 9.17) is 9.47 Å². The molecule has 3 nitrogen and oxygen atoms in total. The molecule has 0 heterocycles. The average molecular weight is 293 g/mol. The zero-order chi connectivity index (χ0) is 15.3. The lowest BCUT2D eigenvalue weighted by Crippen LogP contribution is -2.17. The molecule has 0 aliphatic rings.